The molecule has 0 aromatic carbocycles. The summed E-state index contributed by atoms with van der Waals surface area (Å²) in [6.45, 7) is 23.4. The number of ether oxygens (including phenoxy) is 1. The molecule has 8 nitrogen and oxygen atoms in total. The number of imidazole rings is 1. The van der Waals surface area contributed by atoms with E-state index in [9.17, 15) is 19.5 Å². The van der Waals surface area contributed by atoms with Crippen molar-refractivity contribution in [3.63, 3.8) is 0 Å². The fraction of sp³-hybridized carbons (Fsp3) is 0.818. The van der Waals surface area contributed by atoms with Gasteiger partial charge in [-0.15, -0.1) is 0 Å². The van der Waals surface area contributed by atoms with Crippen LogP contribution in [0.5, 0.6) is 0 Å². The van der Waals surface area contributed by atoms with Crippen LogP contribution in [0.25, 0.3) is 0 Å². The van der Waals surface area contributed by atoms with Crippen LogP contribution < -0.4 is 5.32 Å². The molecule has 8 heteroatoms. The Balaban J connectivity index is 0.00000523. The highest BCUT2D eigenvalue weighted by atomic mass is 16.5. The highest BCUT2D eigenvalue weighted by Crippen LogP contribution is 2.78. The Bertz CT molecular complexity index is 1550. The molecule has 0 unspecified atom stereocenters. The molecule has 10 atom stereocenters. The number of nitrogens with zero attached hydrogens (tertiary/aromatic N) is 2. The van der Waals surface area contributed by atoms with Gasteiger partial charge in [-0.3, -0.25) is 14.4 Å². The lowest BCUT2D eigenvalue weighted by molar-refractivity contribution is -0.250. The Hall–Kier alpha value is -2.64. The van der Waals surface area contributed by atoms with Crippen LogP contribution >= 0.6 is 0 Å². The predicted molar refractivity (Wildman–Crippen MR) is 206 cm³/mol. The van der Waals surface area contributed by atoms with Crippen molar-refractivity contribution in [2.75, 3.05) is 0 Å². The van der Waals surface area contributed by atoms with E-state index in [1.165, 1.54) is 31.3 Å². The summed E-state index contributed by atoms with van der Waals surface area (Å²) < 4.78 is 8.20. The highest BCUT2D eigenvalue weighted by Gasteiger charge is 2.71. The van der Waals surface area contributed by atoms with Gasteiger partial charge in [0.1, 0.15) is 6.10 Å². The molecule has 2 N–H and O–H groups in total. The molecular formula is C44H71N3O5. The van der Waals surface area contributed by atoms with Crippen molar-refractivity contribution in [1.82, 2.24) is 14.9 Å². The third-order valence-electron chi connectivity index (χ3n) is 16.4. The van der Waals surface area contributed by atoms with E-state index in [4.69, 9.17) is 4.74 Å². The zero-order valence-electron chi connectivity index (χ0n) is 33.2. The third-order valence-corrected chi connectivity index (χ3v) is 16.4. The number of hydrogen-bond donors (Lipinski definition) is 2. The van der Waals surface area contributed by atoms with Crippen LogP contribution in [-0.2, 0) is 32.7 Å². The van der Waals surface area contributed by atoms with Gasteiger partial charge in [-0.1, -0.05) is 68.0 Å². The van der Waals surface area contributed by atoms with Crippen molar-refractivity contribution in [3.05, 3.63) is 30.4 Å². The number of carbonyl (C=O) groups is 3. The van der Waals surface area contributed by atoms with E-state index in [-0.39, 0.29) is 65.3 Å². The number of amides is 1. The number of esters is 1. The quantitative estimate of drug-likeness (QED) is 0.184. The van der Waals surface area contributed by atoms with Gasteiger partial charge in [0.05, 0.1) is 31.4 Å². The Morgan fingerprint density at radius 3 is 2.31 bits per heavy atom. The molecule has 1 heterocycles. The second kappa shape index (κ2) is 13.9. The van der Waals surface area contributed by atoms with Crippen molar-refractivity contribution in [2.24, 2.45) is 69.1 Å². The fourth-order valence-corrected chi connectivity index (χ4v) is 14.0. The molecule has 0 spiro atoms. The zero-order valence-corrected chi connectivity index (χ0v) is 33.2. The number of aliphatic carboxylic acids is 1. The van der Waals surface area contributed by atoms with Gasteiger partial charge < -0.3 is 19.7 Å². The van der Waals surface area contributed by atoms with Crippen LogP contribution in [0, 0.1) is 62.1 Å². The molecular weight excluding hydrogens is 651 g/mol. The molecule has 5 aliphatic rings. The maximum atomic E-state index is 13.7. The van der Waals surface area contributed by atoms with Crippen molar-refractivity contribution >= 4 is 17.8 Å². The average Bonchev–Trinajstić information content (AvgIpc) is 3.60. The van der Waals surface area contributed by atoms with Crippen LogP contribution in [0.1, 0.15) is 152 Å². The van der Waals surface area contributed by atoms with E-state index in [1.807, 2.05) is 31.7 Å². The van der Waals surface area contributed by atoms with Gasteiger partial charge >= 0.3 is 11.9 Å². The molecule has 1 aromatic rings. The monoisotopic (exact) mass is 722 g/mol. The van der Waals surface area contributed by atoms with Gasteiger partial charge in [-0.2, -0.15) is 0 Å². The second-order valence-electron chi connectivity index (χ2n) is 20.3. The molecule has 292 valence electrons. The summed E-state index contributed by atoms with van der Waals surface area (Å²) in [5.41, 5.74) is 1.94. The number of carbonyl (C=O) groups excluding carboxylic acids is 2. The number of aryl methyl sites for hydroxylation is 1. The predicted octanol–water partition coefficient (Wildman–Crippen LogP) is 9.52. The van der Waals surface area contributed by atoms with Gasteiger partial charge in [-0.05, 0) is 128 Å². The van der Waals surface area contributed by atoms with E-state index in [0.29, 0.717) is 42.6 Å². The lowest BCUT2D eigenvalue weighted by atomic mass is 9.32. The molecule has 0 bridgehead atoms. The minimum atomic E-state index is -0.885. The Morgan fingerprint density at radius 2 is 1.67 bits per heavy atom. The maximum absolute atomic E-state index is 13.7. The number of aromatic nitrogens is 2. The first-order chi connectivity index (χ1) is 23.7. The Morgan fingerprint density at radius 1 is 0.962 bits per heavy atom. The molecule has 5 aliphatic carbocycles. The van der Waals surface area contributed by atoms with Crippen LogP contribution in [0.2, 0.25) is 0 Å². The first kappa shape index (κ1) is 40.5. The summed E-state index contributed by atoms with van der Waals surface area (Å²) in [4.78, 5) is 42.7. The molecule has 0 radical (unpaired) electrons. The Labute approximate surface area is 314 Å². The molecule has 52 heavy (non-hydrogen) atoms. The fourth-order valence-electron chi connectivity index (χ4n) is 14.0. The molecule has 5 saturated carbocycles. The minimum Gasteiger partial charge on any atom is -0.481 e. The van der Waals surface area contributed by atoms with Crippen molar-refractivity contribution in [1.29, 1.82) is 0 Å². The van der Waals surface area contributed by atoms with Gasteiger partial charge in [0.25, 0.3) is 0 Å². The number of fused-ring (bicyclic) bond motifs is 7. The summed E-state index contributed by atoms with van der Waals surface area (Å²) in [5.74, 6) is 1.57. The van der Waals surface area contributed by atoms with Crippen molar-refractivity contribution in [2.45, 2.75) is 159 Å². The number of allylic oxidation sites excluding steroid dienone is 1. The van der Waals surface area contributed by atoms with E-state index in [2.05, 4.69) is 58.4 Å². The van der Waals surface area contributed by atoms with Gasteiger partial charge in [0.15, 0.2) is 0 Å². The van der Waals surface area contributed by atoms with E-state index in [0.717, 1.165) is 44.2 Å². The maximum Gasteiger partial charge on any atom is 0.306 e. The van der Waals surface area contributed by atoms with Gasteiger partial charge in [-0.25, -0.2) is 4.98 Å². The van der Waals surface area contributed by atoms with Crippen LogP contribution in [0.15, 0.2) is 24.7 Å². The van der Waals surface area contributed by atoms with Gasteiger partial charge in [0, 0.05) is 25.1 Å². The smallest absolute Gasteiger partial charge is 0.306 e. The molecule has 1 amide bonds. The second-order valence-corrected chi connectivity index (χ2v) is 20.3. The minimum absolute atomic E-state index is 0. The number of nitrogens with one attached hydrogen (secondary N) is 1. The van der Waals surface area contributed by atoms with E-state index in [1.54, 1.807) is 6.33 Å². The molecule has 5 fully saturated rings. The van der Waals surface area contributed by atoms with Crippen LogP contribution in [0.4, 0.5) is 0 Å². The highest BCUT2D eigenvalue weighted by molar-refractivity contribution is 5.77. The lowest BCUT2D eigenvalue weighted by Crippen LogP contribution is -2.67. The summed E-state index contributed by atoms with van der Waals surface area (Å²) in [6.07, 6.45) is 15.5. The summed E-state index contributed by atoms with van der Waals surface area (Å²) >= 11 is 0. The molecule has 1 aromatic heterocycles. The standard InChI is InChI=1S/C43H67N3O5.CH4/c1-27(2)29-13-18-43(21-34(47)44-24-28-25-46(10)26-45-28)20-19-41(8)30(37(29)43)11-12-32-40(7)16-15-33(39(5,6)31(40)14-17-42(32,41)9)51-36(50)23-38(3,4)22-35(48)49;/h25-26,29-33,37H,1,11-24H2,2-10H3,(H,44,47)(H,48,49);1H4/t29-,30+,31-,32+,33-,37+,40-,41+,42+,43+;/m0./s1. The Kier molecular flexibility index (Phi) is 10.8. The number of carboxylic acid groups (broad SMARTS) is 1. The first-order valence-electron chi connectivity index (χ1n) is 20.0. The largest absolute Gasteiger partial charge is 0.481 e. The van der Waals surface area contributed by atoms with Crippen molar-refractivity contribution < 1.29 is 24.2 Å². The van der Waals surface area contributed by atoms with Crippen molar-refractivity contribution in [3.8, 4) is 0 Å². The number of rotatable bonds is 10. The average molecular weight is 722 g/mol. The molecule has 0 aliphatic heterocycles. The number of hydrogen-bond acceptors (Lipinski definition) is 5. The summed E-state index contributed by atoms with van der Waals surface area (Å²) in [5, 5.41) is 12.6. The SMILES string of the molecule is C.C=C(C)[C@@H]1CC[C@]2(CC(=O)NCc3cn(C)cn3)CC[C@]3(C)[C@H](CC[C@@H]4[C@@]5(C)CC[C@H](OC(=O)CC(C)(C)CC(=O)O)C(C)(C)[C@@H]5CC[C@]43C)[C@@H]12. The summed E-state index contributed by atoms with van der Waals surface area (Å²) in [7, 11) is 1.96. The normalized spacial score (nSPS) is 39.1. The van der Waals surface area contributed by atoms with E-state index < -0.39 is 11.4 Å². The van der Waals surface area contributed by atoms with E-state index >= 15 is 0 Å². The van der Waals surface area contributed by atoms with Crippen LogP contribution in [-0.4, -0.2) is 38.6 Å². The third kappa shape index (κ3) is 6.69. The topological polar surface area (TPSA) is 111 Å². The molecule has 6 rings (SSSR count). The zero-order chi connectivity index (χ0) is 37.4. The molecule has 0 saturated heterocycles. The van der Waals surface area contributed by atoms with Crippen LogP contribution in [0.3, 0.4) is 0 Å². The lowest BCUT2D eigenvalue weighted by Gasteiger charge is -2.73. The summed E-state index contributed by atoms with van der Waals surface area (Å²) in [6, 6.07) is 0. The van der Waals surface area contributed by atoms with Gasteiger partial charge in [0.2, 0.25) is 5.91 Å². The first-order valence-corrected chi connectivity index (χ1v) is 20.0. The number of carboxylic acids is 1.